The number of allylic oxidation sites excluding steroid dienone is 1. The van der Waals surface area contributed by atoms with Crippen molar-refractivity contribution in [1.29, 1.82) is 0 Å². The standard InChI is InChI=1S/C14H16O4/c1-10(2)18-13(15)9-12(14(16)17)8-11-6-4-3-5-7-11/h3-7,12H,1,8-9H2,2H3,(H,16,17)/t12-/m1/s1. The molecule has 0 aliphatic carbocycles. The highest BCUT2D eigenvalue weighted by Crippen LogP contribution is 2.14. The van der Waals surface area contributed by atoms with Gasteiger partial charge in [-0.3, -0.25) is 9.59 Å². The van der Waals surface area contributed by atoms with Gasteiger partial charge in [-0.1, -0.05) is 36.9 Å². The number of hydrogen-bond acceptors (Lipinski definition) is 3. The lowest BCUT2D eigenvalue weighted by atomic mass is 9.96. The van der Waals surface area contributed by atoms with Gasteiger partial charge in [0.15, 0.2) is 0 Å². The van der Waals surface area contributed by atoms with Gasteiger partial charge >= 0.3 is 11.9 Å². The van der Waals surface area contributed by atoms with Crippen molar-refractivity contribution in [1.82, 2.24) is 0 Å². The van der Waals surface area contributed by atoms with Gasteiger partial charge in [-0.05, 0) is 18.9 Å². The van der Waals surface area contributed by atoms with E-state index in [4.69, 9.17) is 9.84 Å². The normalized spacial score (nSPS) is 11.6. The Labute approximate surface area is 106 Å². The van der Waals surface area contributed by atoms with Crippen LogP contribution < -0.4 is 0 Å². The van der Waals surface area contributed by atoms with Crippen molar-refractivity contribution in [3.8, 4) is 0 Å². The molecule has 0 radical (unpaired) electrons. The lowest BCUT2D eigenvalue weighted by Crippen LogP contribution is -2.21. The molecule has 96 valence electrons. The van der Waals surface area contributed by atoms with Crippen molar-refractivity contribution in [2.75, 3.05) is 0 Å². The van der Waals surface area contributed by atoms with Crippen LogP contribution in [-0.4, -0.2) is 17.0 Å². The summed E-state index contributed by atoms with van der Waals surface area (Å²) in [6, 6.07) is 9.19. The second kappa shape index (κ2) is 6.59. The first-order valence-corrected chi connectivity index (χ1v) is 5.62. The van der Waals surface area contributed by atoms with Crippen LogP contribution in [0.3, 0.4) is 0 Å². The maximum atomic E-state index is 11.4. The summed E-state index contributed by atoms with van der Waals surface area (Å²) in [5.41, 5.74) is 0.882. The van der Waals surface area contributed by atoms with Gasteiger partial charge in [0.1, 0.15) is 0 Å². The molecule has 18 heavy (non-hydrogen) atoms. The Morgan fingerprint density at radius 1 is 1.33 bits per heavy atom. The van der Waals surface area contributed by atoms with Gasteiger partial charge in [0.2, 0.25) is 0 Å². The summed E-state index contributed by atoms with van der Waals surface area (Å²) >= 11 is 0. The third-order valence-electron chi connectivity index (χ3n) is 2.38. The fourth-order valence-corrected chi connectivity index (χ4v) is 1.58. The molecule has 0 aliphatic heterocycles. The number of benzene rings is 1. The van der Waals surface area contributed by atoms with Crippen LogP contribution in [0.25, 0.3) is 0 Å². The minimum Gasteiger partial charge on any atom is -0.481 e. The summed E-state index contributed by atoms with van der Waals surface area (Å²) in [6.45, 7) is 4.99. The summed E-state index contributed by atoms with van der Waals surface area (Å²) in [4.78, 5) is 22.5. The number of carbonyl (C=O) groups is 2. The van der Waals surface area contributed by atoms with Crippen LogP contribution in [0, 0.1) is 5.92 Å². The zero-order valence-electron chi connectivity index (χ0n) is 10.3. The largest absolute Gasteiger partial charge is 0.481 e. The van der Waals surface area contributed by atoms with Crippen molar-refractivity contribution < 1.29 is 19.4 Å². The van der Waals surface area contributed by atoms with Crippen molar-refractivity contribution in [3.63, 3.8) is 0 Å². The van der Waals surface area contributed by atoms with Gasteiger partial charge < -0.3 is 9.84 Å². The number of aliphatic carboxylic acids is 1. The van der Waals surface area contributed by atoms with Crippen molar-refractivity contribution in [2.24, 2.45) is 5.92 Å². The molecule has 0 saturated carbocycles. The second-order valence-corrected chi connectivity index (χ2v) is 4.11. The average molecular weight is 248 g/mol. The minimum absolute atomic E-state index is 0.156. The molecule has 0 fully saturated rings. The molecule has 0 unspecified atom stereocenters. The maximum Gasteiger partial charge on any atom is 0.311 e. The topological polar surface area (TPSA) is 63.6 Å². The number of hydrogen-bond donors (Lipinski definition) is 1. The van der Waals surface area contributed by atoms with Crippen LogP contribution in [-0.2, 0) is 20.7 Å². The quantitative estimate of drug-likeness (QED) is 0.620. The second-order valence-electron chi connectivity index (χ2n) is 4.11. The molecule has 1 N–H and O–H groups in total. The number of carboxylic acids is 1. The third kappa shape index (κ3) is 4.82. The van der Waals surface area contributed by atoms with Crippen LogP contribution in [0.15, 0.2) is 42.7 Å². The molecule has 0 saturated heterocycles. The predicted octanol–water partition coefficient (Wildman–Crippen LogP) is 2.40. The average Bonchev–Trinajstić information content (AvgIpc) is 2.28. The molecule has 1 rings (SSSR count). The highest BCUT2D eigenvalue weighted by molar-refractivity contribution is 5.79. The molecule has 1 aromatic carbocycles. The Morgan fingerprint density at radius 2 is 1.94 bits per heavy atom. The van der Waals surface area contributed by atoms with Gasteiger partial charge in [0.05, 0.1) is 18.1 Å². The summed E-state index contributed by atoms with van der Waals surface area (Å²) in [7, 11) is 0. The molecular formula is C14H16O4. The fraction of sp³-hybridized carbons (Fsp3) is 0.286. The fourth-order valence-electron chi connectivity index (χ4n) is 1.58. The van der Waals surface area contributed by atoms with E-state index in [0.717, 1.165) is 5.56 Å². The molecular weight excluding hydrogens is 232 g/mol. The smallest absolute Gasteiger partial charge is 0.311 e. The van der Waals surface area contributed by atoms with Crippen molar-refractivity contribution >= 4 is 11.9 Å². The van der Waals surface area contributed by atoms with Gasteiger partial charge in [-0.15, -0.1) is 0 Å². The molecule has 0 amide bonds. The molecule has 0 aromatic heterocycles. The Hall–Kier alpha value is -2.10. The van der Waals surface area contributed by atoms with Crippen molar-refractivity contribution in [2.45, 2.75) is 19.8 Å². The van der Waals surface area contributed by atoms with Crippen LogP contribution in [0.4, 0.5) is 0 Å². The van der Waals surface area contributed by atoms with E-state index in [9.17, 15) is 9.59 Å². The summed E-state index contributed by atoms with van der Waals surface area (Å²) in [5, 5.41) is 9.09. The number of ether oxygens (including phenoxy) is 1. The van der Waals surface area contributed by atoms with Crippen molar-refractivity contribution in [3.05, 3.63) is 48.2 Å². The van der Waals surface area contributed by atoms with E-state index < -0.39 is 17.9 Å². The Bertz CT molecular complexity index is 436. The van der Waals surface area contributed by atoms with Gasteiger partial charge in [-0.25, -0.2) is 0 Å². The first kappa shape index (κ1) is 14.0. The number of carboxylic acid groups (broad SMARTS) is 1. The zero-order chi connectivity index (χ0) is 13.5. The third-order valence-corrected chi connectivity index (χ3v) is 2.38. The van der Waals surface area contributed by atoms with Gasteiger partial charge in [0, 0.05) is 0 Å². The highest BCUT2D eigenvalue weighted by atomic mass is 16.5. The number of carbonyl (C=O) groups excluding carboxylic acids is 1. The van der Waals surface area contributed by atoms with Crippen LogP contribution >= 0.6 is 0 Å². The molecule has 4 heteroatoms. The van der Waals surface area contributed by atoms with Crippen LogP contribution in [0.5, 0.6) is 0 Å². The van der Waals surface area contributed by atoms with E-state index in [0.29, 0.717) is 6.42 Å². The molecule has 4 nitrogen and oxygen atoms in total. The first-order valence-electron chi connectivity index (χ1n) is 5.62. The van der Waals surface area contributed by atoms with E-state index in [-0.39, 0.29) is 12.2 Å². The van der Waals surface area contributed by atoms with E-state index in [1.165, 1.54) is 0 Å². The Kier molecular flexibility index (Phi) is 5.11. The van der Waals surface area contributed by atoms with E-state index in [1.54, 1.807) is 6.92 Å². The molecule has 0 spiro atoms. The Morgan fingerprint density at radius 3 is 2.44 bits per heavy atom. The molecule has 0 bridgehead atoms. The number of esters is 1. The van der Waals surface area contributed by atoms with Crippen LogP contribution in [0.1, 0.15) is 18.9 Å². The SMILES string of the molecule is C=C(C)OC(=O)C[C@@H](Cc1ccccc1)C(=O)O. The molecule has 0 heterocycles. The molecule has 1 aromatic rings. The van der Waals surface area contributed by atoms with E-state index in [1.807, 2.05) is 30.3 Å². The van der Waals surface area contributed by atoms with E-state index in [2.05, 4.69) is 6.58 Å². The predicted molar refractivity (Wildman–Crippen MR) is 66.8 cm³/mol. The highest BCUT2D eigenvalue weighted by Gasteiger charge is 2.22. The van der Waals surface area contributed by atoms with Gasteiger partial charge in [-0.2, -0.15) is 0 Å². The van der Waals surface area contributed by atoms with Gasteiger partial charge in [0.25, 0.3) is 0 Å². The van der Waals surface area contributed by atoms with Crippen LogP contribution in [0.2, 0.25) is 0 Å². The summed E-state index contributed by atoms with van der Waals surface area (Å²) in [6.07, 6.45) is 0.151. The zero-order valence-corrected chi connectivity index (χ0v) is 10.3. The lowest BCUT2D eigenvalue weighted by Gasteiger charge is -2.11. The molecule has 1 atom stereocenters. The van der Waals surface area contributed by atoms with E-state index >= 15 is 0 Å². The first-order chi connectivity index (χ1) is 8.49. The summed E-state index contributed by atoms with van der Waals surface area (Å²) < 4.78 is 4.77. The Balaban J connectivity index is 2.64. The summed E-state index contributed by atoms with van der Waals surface area (Å²) in [5.74, 6) is -2.08. The monoisotopic (exact) mass is 248 g/mol. The molecule has 0 aliphatic rings. The lowest BCUT2D eigenvalue weighted by molar-refractivity contribution is -0.149. The number of rotatable bonds is 6. The maximum absolute atomic E-state index is 11.4. The minimum atomic E-state index is -1.00.